The number of nitrogens with one attached hydrogen (secondary N) is 2. The molecule has 2 aliphatic rings. The highest BCUT2D eigenvalue weighted by Gasteiger charge is 2.34. The van der Waals surface area contributed by atoms with Crippen LogP contribution in [0.15, 0.2) is 0 Å². The lowest BCUT2D eigenvalue weighted by molar-refractivity contribution is -0.0290. The van der Waals surface area contributed by atoms with Gasteiger partial charge in [-0.2, -0.15) is 0 Å². The maximum atomic E-state index is 11.7. The fourth-order valence-electron chi connectivity index (χ4n) is 3.04. The molecule has 1 aliphatic carbocycles. The van der Waals surface area contributed by atoms with Crippen LogP contribution < -0.4 is 10.6 Å². The fraction of sp³-hybridized carbons (Fsp3) is 0.933. The second-order valence-electron chi connectivity index (χ2n) is 6.74. The largest absolute Gasteiger partial charge is 0.388 e. The van der Waals surface area contributed by atoms with Crippen LogP contribution in [-0.2, 0) is 0 Å². The number of carbonyl (C=O) groups is 1. The third-order valence-electron chi connectivity index (χ3n) is 4.69. The Hall–Kier alpha value is -0.810. The Kier molecular flexibility index (Phi) is 5.27. The van der Waals surface area contributed by atoms with Crippen molar-refractivity contribution in [3.05, 3.63) is 0 Å². The first kappa shape index (κ1) is 15.6. The lowest BCUT2D eigenvalue weighted by Gasteiger charge is -2.37. The number of urea groups is 1. The number of amides is 2. The van der Waals surface area contributed by atoms with Crippen molar-refractivity contribution < 1.29 is 9.90 Å². The number of aliphatic hydroxyl groups is 1. The summed E-state index contributed by atoms with van der Waals surface area (Å²) in [6.45, 7) is 7.80. The molecule has 2 amide bonds. The molecule has 1 heterocycles. The molecule has 116 valence electrons. The first-order valence-corrected chi connectivity index (χ1v) is 7.97. The summed E-state index contributed by atoms with van der Waals surface area (Å²) in [7, 11) is 0. The Morgan fingerprint density at radius 3 is 2.70 bits per heavy atom. The predicted molar refractivity (Wildman–Crippen MR) is 79.6 cm³/mol. The number of rotatable bonds is 5. The molecule has 1 aliphatic heterocycles. The first-order chi connectivity index (χ1) is 9.48. The minimum absolute atomic E-state index is 0.146. The standard InChI is InChI=1S/C15H29N3O2/c1-12(2)18-8-3-5-13(10-18)9-16-14(19)17-11-15(20)6-4-7-15/h12-13,20H,3-11H2,1-2H3,(H2,16,17,19). The fourth-order valence-corrected chi connectivity index (χ4v) is 3.04. The van der Waals surface area contributed by atoms with Gasteiger partial charge in [0, 0.05) is 25.7 Å². The van der Waals surface area contributed by atoms with Crippen LogP contribution in [-0.4, -0.2) is 53.9 Å². The SMILES string of the molecule is CC(C)N1CCCC(CNC(=O)NCC2(O)CCC2)C1. The molecule has 2 fully saturated rings. The second kappa shape index (κ2) is 6.76. The molecule has 0 radical (unpaired) electrons. The highest BCUT2D eigenvalue weighted by Crippen LogP contribution is 2.30. The average molecular weight is 283 g/mol. The van der Waals surface area contributed by atoms with Gasteiger partial charge in [-0.3, -0.25) is 0 Å². The van der Waals surface area contributed by atoms with Crippen molar-refractivity contribution in [3.63, 3.8) is 0 Å². The minimum atomic E-state index is -0.642. The molecular weight excluding hydrogens is 254 g/mol. The molecule has 0 bridgehead atoms. The molecule has 5 heteroatoms. The van der Waals surface area contributed by atoms with E-state index in [1.807, 2.05) is 0 Å². The van der Waals surface area contributed by atoms with Gasteiger partial charge >= 0.3 is 6.03 Å². The molecular formula is C15H29N3O2. The van der Waals surface area contributed by atoms with E-state index in [1.165, 1.54) is 19.4 Å². The van der Waals surface area contributed by atoms with Crippen LogP contribution in [0.1, 0.15) is 46.0 Å². The third-order valence-corrected chi connectivity index (χ3v) is 4.69. The molecule has 5 nitrogen and oxygen atoms in total. The van der Waals surface area contributed by atoms with Gasteiger partial charge in [-0.15, -0.1) is 0 Å². The number of hydrogen-bond acceptors (Lipinski definition) is 3. The van der Waals surface area contributed by atoms with Gasteiger partial charge in [0.2, 0.25) is 0 Å². The quantitative estimate of drug-likeness (QED) is 0.713. The zero-order valence-electron chi connectivity index (χ0n) is 12.8. The predicted octanol–water partition coefficient (Wildman–Crippen LogP) is 1.32. The van der Waals surface area contributed by atoms with Crippen LogP contribution in [0, 0.1) is 5.92 Å². The van der Waals surface area contributed by atoms with E-state index in [0.29, 0.717) is 18.5 Å². The first-order valence-electron chi connectivity index (χ1n) is 7.97. The summed E-state index contributed by atoms with van der Waals surface area (Å²) >= 11 is 0. The van der Waals surface area contributed by atoms with E-state index in [0.717, 1.165) is 32.4 Å². The van der Waals surface area contributed by atoms with E-state index in [9.17, 15) is 9.90 Å². The van der Waals surface area contributed by atoms with Gasteiger partial charge in [0.15, 0.2) is 0 Å². The van der Waals surface area contributed by atoms with Crippen molar-refractivity contribution in [3.8, 4) is 0 Å². The summed E-state index contributed by atoms with van der Waals surface area (Å²) in [6.07, 6.45) is 5.07. The number of carbonyl (C=O) groups excluding carboxylic acids is 1. The van der Waals surface area contributed by atoms with Crippen LogP contribution in [0.25, 0.3) is 0 Å². The van der Waals surface area contributed by atoms with E-state index in [4.69, 9.17) is 0 Å². The average Bonchev–Trinajstić information content (AvgIpc) is 2.41. The second-order valence-corrected chi connectivity index (χ2v) is 6.74. The summed E-state index contributed by atoms with van der Waals surface area (Å²) in [5.74, 6) is 0.545. The lowest BCUT2D eigenvalue weighted by atomic mass is 9.80. The van der Waals surface area contributed by atoms with Gasteiger partial charge in [0.1, 0.15) is 0 Å². The molecule has 20 heavy (non-hydrogen) atoms. The molecule has 0 aromatic carbocycles. The van der Waals surface area contributed by atoms with Gasteiger partial charge < -0.3 is 20.6 Å². The van der Waals surface area contributed by atoms with Crippen molar-refractivity contribution >= 4 is 6.03 Å². The molecule has 1 saturated heterocycles. The van der Waals surface area contributed by atoms with Gasteiger partial charge in [0.25, 0.3) is 0 Å². The summed E-state index contributed by atoms with van der Waals surface area (Å²) in [5.41, 5.74) is -0.642. The molecule has 1 unspecified atom stereocenters. The molecule has 0 spiro atoms. The lowest BCUT2D eigenvalue weighted by Crippen LogP contribution is -2.51. The smallest absolute Gasteiger partial charge is 0.314 e. The Bertz CT molecular complexity index is 329. The van der Waals surface area contributed by atoms with E-state index >= 15 is 0 Å². The maximum absolute atomic E-state index is 11.7. The van der Waals surface area contributed by atoms with Crippen LogP contribution in [0.5, 0.6) is 0 Å². The summed E-state index contributed by atoms with van der Waals surface area (Å²) in [6, 6.07) is 0.437. The van der Waals surface area contributed by atoms with E-state index in [2.05, 4.69) is 29.4 Å². The van der Waals surface area contributed by atoms with Crippen molar-refractivity contribution in [2.45, 2.75) is 57.6 Å². The van der Waals surface area contributed by atoms with E-state index in [-0.39, 0.29) is 6.03 Å². The maximum Gasteiger partial charge on any atom is 0.314 e. The highest BCUT2D eigenvalue weighted by molar-refractivity contribution is 5.73. The molecule has 3 N–H and O–H groups in total. The topological polar surface area (TPSA) is 64.6 Å². The van der Waals surface area contributed by atoms with Gasteiger partial charge in [-0.1, -0.05) is 0 Å². The molecule has 2 rings (SSSR count). The summed E-state index contributed by atoms with van der Waals surface area (Å²) in [5, 5.41) is 15.7. The van der Waals surface area contributed by atoms with Crippen molar-refractivity contribution in [2.75, 3.05) is 26.2 Å². The molecule has 1 saturated carbocycles. The van der Waals surface area contributed by atoms with Gasteiger partial charge in [0.05, 0.1) is 5.60 Å². The summed E-state index contributed by atoms with van der Waals surface area (Å²) in [4.78, 5) is 14.2. The zero-order valence-corrected chi connectivity index (χ0v) is 12.8. The Balaban J connectivity index is 1.62. The Morgan fingerprint density at radius 1 is 1.35 bits per heavy atom. The van der Waals surface area contributed by atoms with Crippen molar-refractivity contribution in [1.29, 1.82) is 0 Å². The van der Waals surface area contributed by atoms with E-state index < -0.39 is 5.60 Å². The van der Waals surface area contributed by atoms with Crippen LogP contribution in [0.2, 0.25) is 0 Å². The minimum Gasteiger partial charge on any atom is -0.388 e. The monoisotopic (exact) mass is 283 g/mol. The number of likely N-dealkylation sites (tertiary alicyclic amines) is 1. The van der Waals surface area contributed by atoms with Crippen LogP contribution in [0.4, 0.5) is 4.79 Å². The molecule has 0 aromatic heterocycles. The Labute approximate surface area is 122 Å². The Morgan fingerprint density at radius 2 is 2.10 bits per heavy atom. The molecule has 0 aromatic rings. The molecule has 1 atom stereocenters. The van der Waals surface area contributed by atoms with Gasteiger partial charge in [-0.25, -0.2) is 4.79 Å². The number of hydrogen-bond donors (Lipinski definition) is 3. The summed E-state index contributed by atoms with van der Waals surface area (Å²) < 4.78 is 0. The van der Waals surface area contributed by atoms with Crippen LogP contribution >= 0.6 is 0 Å². The number of nitrogens with zero attached hydrogens (tertiary/aromatic N) is 1. The third kappa shape index (κ3) is 4.35. The number of piperidine rings is 1. The van der Waals surface area contributed by atoms with Crippen molar-refractivity contribution in [1.82, 2.24) is 15.5 Å². The van der Waals surface area contributed by atoms with E-state index in [1.54, 1.807) is 0 Å². The highest BCUT2D eigenvalue weighted by atomic mass is 16.3. The van der Waals surface area contributed by atoms with Crippen LogP contribution in [0.3, 0.4) is 0 Å². The van der Waals surface area contributed by atoms with Crippen molar-refractivity contribution in [2.24, 2.45) is 5.92 Å². The normalized spacial score (nSPS) is 26.1. The zero-order chi connectivity index (χ0) is 14.6. The van der Waals surface area contributed by atoms with Gasteiger partial charge in [-0.05, 0) is 58.4 Å².